The molecule has 0 saturated carbocycles. The Labute approximate surface area is 170 Å². The fourth-order valence-corrected chi connectivity index (χ4v) is 3.67. The molecule has 8 heteroatoms. The molecule has 1 aromatic heterocycles. The van der Waals surface area contributed by atoms with E-state index in [1.807, 2.05) is 25.3 Å². The molecule has 2 aromatic rings. The zero-order chi connectivity index (χ0) is 21.1. The van der Waals surface area contributed by atoms with Crippen molar-refractivity contribution in [3.63, 3.8) is 0 Å². The predicted octanol–water partition coefficient (Wildman–Crippen LogP) is 1.70. The van der Waals surface area contributed by atoms with Gasteiger partial charge in [0.2, 0.25) is 5.91 Å². The number of ether oxygens (including phenoxy) is 1. The second-order valence-corrected chi connectivity index (χ2v) is 7.51. The van der Waals surface area contributed by atoms with Crippen molar-refractivity contribution >= 4 is 17.5 Å². The van der Waals surface area contributed by atoms with Crippen molar-refractivity contribution in [3.8, 4) is 16.9 Å². The SMILES string of the molecule is CC(=O)N1c2ccc(-c3cnn(CCO)c3)c(OCC(=O)N(C)C)c2CCC1C. The van der Waals surface area contributed by atoms with Gasteiger partial charge in [-0.05, 0) is 31.9 Å². The minimum absolute atomic E-state index is 0.00252. The summed E-state index contributed by atoms with van der Waals surface area (Å²) >= 11 is 0. The quantitative estimate of drug-likeness (QED) is 0.797. The number of likely N-dealkylation sites (N-methyl/N-ethyl adjacent to an activating group) is 1. The van der Waals surface area contributed by atoms with Crippen LogP contribution in [-0.4, -0.2) is 65.0 Å². The van der Waals surface area contributed by atoms with Crippen LogP contribution in [0.15, 0.2) is 24.5 Å². The van der Waals surface area contributed by atoms with E-state index in [-0.39, 0.29) is 31.1 Å². The van der Waals surface area contributed by atoms with Gasteiger partial charge in [-0.1, -0.05) is 0 Å². The van der Waals surface area contributed by atoms with Gasteiger partial charge in [0.1, 0.15) is 5.75 Å². The first-order valence-corrected chi connectivity index (χ1v) is 9.75. The minimum atomic E-state index is -0.142. The average Bonchev–Trinajstić information content (AvgIpc) is 3.13. The number of aliphatic hydroxyl groups excluding tert-OH is 1. The predicted molar refractivity (Wildman–Crippen MR) is 110 cm³/mol. The van der Waals surface area contributed by atoms with E-state index in [0.717, 1.165) is 35.2 Å². The molecular weight excluding hydrogens is 372 g/mol. The third kappa shape index (κ3) is 4.27. The molecule has 8 nitrogen and oxygen atoms in total. The van der Waals surface area contributed by atoms with Crippen LogP contribution in [0.25, 0.3) is 11.1 Å². The molecule has 3 rings (SSSR count). The molecule has 0 bridgehead atoms. The number of amides is 2. The van der Waals surface area contributed by atoms with E-state index in [1.54, 1.807) is 36.8 Å². The lowest BCUT2D eigenvalue weighted by Crippen LogP contribution is -2.41. The second-order valence-electron chi connectivity index (χ2n) is 7.51. The van der Waals surface area contributed by atoms with E-state index in [4.69, 9.17) is 9.84 Å². The van der Waals surface area contributed by atoms with Crippen molar-refractivity contribution in [1.82, 2.24) is 14.7 Å². The molecule has 2 heterocycles. The van der Waals surface area contributed by atoms with Gasteiger partial charge >= 0.3 is 0 Å². The van der Waals surface area contributed by atoms with Crippen molar-refractivity contribution in [2.24, 2.45) is 0 Å². The molecule has 156 valence electrons. The van der Waals surface area contributed by atoms with Gasteiger partial charge in [-0.15, -0.1) is 0 Å². The summed E-state index contributed by atoms with van der Waals surface area (Å²) in [6.07, 6.45) is 5.13. The van der Waals surface area contributed by atoms with Crippen LogP contribution in [-0.2, 0) is 22.6 Å². The molecule has 2 amide bonds. The van der Waals surface area contributed by atoms with Crippen molar-refractivity contribution in [2.45, 2.75) is 39.3 Å². The zero-order valence-corrected chi connectivity index (χ0v) is 17.4. The molecule has 29 heavy (non-hydrogen) atoms. The summed E-state index contributed by atoms with van der Waals surface area (Å²) in [5.41, 5.74) is 3.41. The number of benzene rings is 1. The number of nitrogens with zero attached hydrogens (tertiary/aromatic N) is 4. The first-order valence-electron chi connectivity index (χ1n) is 9.75. The van der Waals surface area contributed by atoms with E-state index in [2.05, 4.69) is 5.10 Å². The van der Waals surface area contributed by atoms with Crippen LogP contribution in [0, 0.1) is 0 Å². The number of hydrogen-bond donors (Lipinski definition) is 1. The van der Waals surface area contributed by atoms with Crippen molar-refractivity contribution in [2.75, 3.05) is 32.2 Å². The van der Waals surface area contributed by atoms with Crippen LogP contribution in [0.3, 0.4) is 0 Å². The van der Waals surface area contributed by atoms with Gasteiger partial charge in [0, 0.05) is 49.9 Å². The van der Waals surface area contributed by atoms with Crippen molar-refractivity contribution in [1.29, 1.82) is 0 Å². The largest absolute Gasteiger partial charge is 0.483 e. The number of aromatic nitrogens is 2. The maximum absolute atomic E-state index is 12.3. The van der Waals surface area contributed by atoms with Crippen LogP contribution in [0.1, 0.15) is 25.8 Å². The van der Waals surface area contributed by atoms with Gasteiger partial charge in [-0.2, -0.15) is 5.10 Å². The topological polar surface area (TPSA) is 87.9 Å². The summed E-state index contributed by atoms with van der Waals surface area (Å²) in [5, 5.41) is 13.4. The third-order valence-corrected chi connectivity index (χ3v) is 5.20. The monoisotopic (exact) mass is 400 g/mol. The highest BCUT2D eigenvalue weighted by Gasteiger charge is 2.30. The Morgan fingerprint density at radius 2 is 2.10 bits per heavy atom. The molecule has 0 radical (unpaired) electrons. The molecule has 1 aliphatic heterocycles. The summed E-state index contributed by atoms with van der Waals surface area (Å²) in [6.45, 7) is 3.91. The number of hydrogen-bond acceptors (Lipinski definition) is 5. The lowest BCUT2D eigenvalue weighted by molar-refractivity contribution is -0.130. The molecule has 1 unspecified atom stereocenters. The smallest absolute Gasteiger partial charge is 0.259 e. The van der Waals surface area contributed by atoms with Gasteiger partial charge in [0.05, 0.1) is 25.0 Å². The van der Waals surface area contributed by atoms with E-state index < -0.39 is 0 Å². The van der Waals surface area contributed by atoms with Crippen molar-refractivity contribution < 1.29 is 19.4 Å². The fourth-order valence-electron chi connectivity index (χ4n) is 3.67. The van der Waals surface area contributed by atoms with Gasteiger partial charge < -0.3 is 19.6 Å². The average molecular weight is 400 g/mol. The standard InChI is InChI=1S/C21H28N4O4/c1-14-5-6-18-19(25(14)15(2)27)8-7-17(16-11-22-24(12-16)9-10-26)21(18)29-13-20(28)23(3)4/h7-8,11-12,14,26H,5-6,9-10,13H2,1-4H3. The molecular formula is C21H28N4O4. The first kappa shape index (κ1) is 20.9. The third-order valence-electron chi connectivity index (χ3n) is 5.20. The van der Waals surface area contributed by atoms with E-state index in [1.165, 1.54) is 4.90 Å². The van der Waals surface area contributed by atoms with Crippen LogP contribution < -0.4 is 9.64 Å². The van der Waals surface area contributed by atoms with Gasteiger partial charge in [-0.25, -0.2) is 0 Å². The van der Waals surface area contributed by atoms with E-state index in [9.17, 15) is 9.59 Å². The molecule has 0 spiro atoms. The Hall–Kier alpha value is -2.87. The Kier molecular flexibility index (Phi) is 6.22. The number of aliphatic hydroxyl groups is 1. The highest BCUT2D eigenvalue weighted by Crippen LogP contribution is 2.43. The highest BCUT2D eigenvalue weighted by atomic mass is 16.5. The molecule has 0 fully saturated rings. The summed E-state index contributed by atoms with van der Waals surface area (Å²) in [5.74, 6) is 0.453. The number of rotatable bonds is 6. The maximum Gasteiger partial charge on any atom is 0.259 e. The molecule has 1 N–H and O–H groups in total. The Morgan fingerprint density at radius 1 is 1.34 bits per heavy atom. The molecule has 1 atom stereocenters. The normalized spacial score (nSPS) is 15.8. The lowest BCUT2D eigenvalue weighted by Gasteiger charge is -2.36. The zero-order valence-electron chi connectivity index (χ0n) is 17.4. The van der Waals surface area contributed by atoms with Crippen LogP contribution in [0.5, 0.6) is 5.75 Å². The van der Waals surface area contributed by atoms with E-state index in [0.29, 0.717) is 12.3 Å². The fraction of sp³-hybridized carbons (Fsp3) is 0.476. The van der Waals surface area contributed by atoms with Crippen LogP contribution in [0.4, 0.5) is 5.69 Å². The Morgan fingerprint density at radius 3 is 2.76 bits per heavy atom. The van der Waals surface area contributed by atoms with Gasteiger partial charge in [0.25, 0.3) is 5.91 Å². The number of anilines is 1. The number of fused-ring (bicyclic) bond motifs is 1. The number of carbonyl (C=O) groups is 2. The maximum atomic E-state index is 12.3. The van der Waals surface area contributed by atoms with E-state index >= 15 is 0 Å². The molecule has 1 aliphatic rings. The highest BCUT2D eigenvalue weighted by molar-refractivity contribution is 5.95. The summed E-state index contributed by atoms with van der Waals surface area (Å²) in [7, 11) is 3.37. The molecule has 0 aliphatic carbocycles. The lowest BCUT2D eigenvalue weighted by atomic mass is 9.92. The van der Waals surface area contributed by atoms with Gasteiger partial charge in [-0.3, -0.25) is 14.3 Å². The summed E-state index contributed by atoms with van der Waals surface area (Å²) in [4.78, 5) is 27.7. The first-order chi connectivity index (χ1) is 13.8. The van der Waals surface area contributed by atoms with Gasteiger partial charge in [0.15, 0.2) is 6.61 Å². The second kappa shape index (κ2) is 8.65. The minimum Gasteiger partial charge on any atom is -0.483 e. The molecule has 0 saturated heterocycles. The summed E-state index contributed by atoms with van der Waals surface area (Å²) in [6, 6.07) is 3.95. The van der Waals surface area contributed by atoms with Crippen LogP contribution >= 0.6 is 0 Å². The Bertz CT molecular complexity index is 906. The summed E-state index contributed by atoms with van der Waals surface area (Å²) < 4.78 is 7.69. The molecule has 1 aromatic carbocycles. The van der Waals surface area contributed by atoms with Crippen LogP contribution in [0.2, 0.25) is 0 Å². The van der Waals surface area contributed by atoms with Crippen molar-refractivity contribution in [3.05, 3.63) is 30.1 Å². The number of carbonyl (C=O) groups excluding carboxylic acids is 2. The Balaban J connectivity index is 2.08.